The van der Waals surface area contributed by atoms with Gasteiger partial charge in [-0.2, -0.15) is 5.10 Å². The van der Waals surface area contributed by atoms with Gasteiger partial charge in [0, 0.05) is 11.4 Å². The Hall–Kier alpha value is -2.90. The number of carbonyl (C=O) groups is 2. The molecular weight excluding hydrogens is 454 g/mol. The molecule has 0 spiro atoms. The second-order valence-electron chi connectivity index (χ2n) is 8.52. The summed E-state index contributed by atoms with van der Waals surface area (Å²) in [4.78, 5) is 28.0. The van der Waals surface area contributed by atoms with Gasteiger partial charge in [-0.15, -0.1) is 0 Å². The van der Waals surface area contributed by atoms with E-state index in [0.717, 1.165) is 35.4 Å². The van der Waals surface area contributed by atoms with Gasteiger partial charge in [-0.1, -0.05) is 30.2 Å². The molecule has 2 atom stereocenters. The molecule has 2 aliphatic rings. The van der Waals surface area contributed by atoms with Crippen LogP contribution in [-0.2, 0) is 14.3 Å². The highest BCUT2D eigenvalue weighted by molar-refractivity contribution is 6.30. The molecule has 0 aliphatic carbocycles. The number of hydrazone groups is 1. The van der Waals surface area contributed by atoms with Gasteiger partial charge < -0.3 is 9.47 Å². The third-order valence-corrected chi connectivity index (χ3v) is 6.61. The van der Waals surface area contributed by atoms with Crippen LogP contribution in [0.1, 0.15) is 49.8 Å². The first-order chi connectivity index (χ1) is 16.5. The summed E-state index contributed by atoms with van der Waals surface area (Å²) in [5.41, 5.74) is 2.74. The normalized spacial score (nSPS) is 20.7. The molecule has 0 saturated carbocycles. The number of likely N-dealkylation sites (tertiary alicyclic amines) is 1. The van der Waals surface area contributed by atoms with Crippen LogP contribution in [0.3, 0.4) is 0 Å². The molecule has 0 bridgehead atoms. The van der Waals surface area contributed by atoms with Crippen molar-refractivity contribution < 1.29 is 19.1 Å². The zero-order chi connectivity index (χ0) is 24.1. The van der Waals surface area contributed by atoms with Crippen molar-refractivity contribution in [1.82, 2.24) is 9.91 Å². The first kappa shape index (κ1) is 24.2. The zero-order valence-electron chi connectivity index (χ0n) is 19.6. The molecule has 180 valence electrons. The van der Waals surface area contributed by atoms with E-state index in [0.29, 0.717) is 31.0 Å². The van der Waals surface area contributed by atoms with Crippen LogP contribution in [0.5, 0.6) is 5.75 Å². The van der Waals surface area contributed by atoms with Crippen molar-refractivity contribution in [2.75, 3.05) is 26.8 Å². The van der Waals surface area contributed by atoms with Crippen LogP contribution in [0.2, 0.25) is 5.02 Å². The van der Waals surface area contributed by atoms with Crippen molar-refractivity contribution >= 4 is 29.2 Å². The summed E-state index contributed by atoms with van der Waals surface area (Å²) in [6.45, 7) is 2.93. The fraction of sp³-hybridized carbons (Fsp3) is 0.423. The Morgan fingerprint density at radius 3 is 2.50 bits per heavy atom. The van der Waals surface area contributed by atoms with Gasteiger partial charge in [-0.05, 0) is 73.8 Å². The summed E-state index contributed by atoms with van der Waals surface area (Å²) in [6, 6.07) is 14.6. The molecular formula is C26H30ClN3O4. The van der Waals surface area contributed by atoms with Gasteiger partial charge in [0.2, 0.25) is 0 Å². The Kier molecular flexibility index (Phi) is 7.85. The number of rotatable bonds is 7. The highest BCUT2D eigenvalue weighted by Crippen LogP contribution is 2.34. The minimum absolute atomic E-state index is 0.118. The number of amides is 1. The smallest absolute Gasteiger partial charge is 0.323 e. The average Bonchev–Trinajstić information content (AvgIpc) is 3.31. The van der Waals surface area contributed by atoms with Crippen molar-refractivity contribution in [2.45, 2.75) is 44.7 Å². The number of methoxy groups -OCH3 is 1. The van der Waals surface area contributed by atoms with E-state index in [9.17, 15) is 9.59 Å². The van der Waals surface area contributed by atoms with E-state index < -0.39 is 0 Å². The maximum Gasteiger partial charge on any atom is 0.323 e. The number of carbonyl (C=O) groups excluding carboxylic acids is 2. The lowest BCUT2D eigenvalue weighted by molar-refractivity contribution is -0.152. The zero-order valence-corrected chi connectivity index (χ0v) is 20.3. The fourth-order valence-corrected chi connectivity index (χ4v) is 4.70. The highest BCUT2D eigenvalue weighted by atomic mass is 35.5. The largest absolute Gasteiger partial charge is 0.497 e. The van der Waals surface area contributed by atoms with Crippen LogP contribution >= 0.6 is 11.6 Å². The van der Waals surface area contributed by atoms with Crippen LogP contribution in [-0.4, -0.2) is 60.3 Å². The molecule has 2 unspecified atom stereocenters. The van der Waals surface area contributed by atoms with E-state index in [1.165, 1.54) is 0 Å². The Morgan fingerprint density at radius 2 is 1.82 bits per heavy atom. The molecule has 7 nitrogen and oxygen atoms in total. The van der Waals surface area contributed by atoms with Gasteiger partial charge in [0.15, 0.2) is 0 Å². The molecule has 34 heavy (non-hydrogen) atoms. The van der Waals surface area contributed by atoms with Crippen molar-refractivity contribution in [1.29, 1.82) is 0 Å². The minimum atomic E-state index is -0.390. The predicted octanol–water partition coefficient (Wildman–Crippen LogP) is 4.44. The predicted molar refractivity (Wildman–Crippen MR) is 131 cm³/mol. The fourth-order valence-electron chi connectivity index (χ4n) is 4.57. The number of nitrogens with zero attached hydrogens (tertiary/aromatic N) is 3. The minimum Gasteiger partial charge on any atom is -0.497 e. The van der Waals surface area contributed by atoms with E-state index in [1.807, 2.05) is 53.4 Å². The van der Waals surface area contributed by atoms with Gasteiger partial charge in [-0.3, -0.25) is 14.5 Å². The highest BCUT2D eigenvalue weighted by Gasteiger charge is 2.37. The van der Waals surface area contributed by atoms with Gasteiger partial charge in [-0.25, -0.2) is 5.01 Å². The van der Waals surface area contributed by atoms with E-state index in [1.54, 1.807) is 19.0 Å². The Labute approximate surface area is 205 Å². The van der Waals surface area contributed by atoms with E-state index in [2.05, 4.69) is 0 Å². The lowest BCUT2D eigenvalue weighted by Crippen LogP contribution is -2.49. The average molecular weight is 484 g/mol. The van der Waals surface area contributed by atoms with Crippen molar-refractivity contribution in [3.8, 4) is 5.75 Å². The van der Waals surface area contributed by atoms with Crippen molar-refractivity contribution in [3.63, 3.8) is 0 Å². The number of halogens is 1. The molecule has 2 heterocycles. The lowest BCUT2D eigenvalue weighted by Gasteiger charge is -2.34. The molecule has 1 saturated heterocycles. The number of hydrogen-bond acceptors (Lipinski definition) is 6. The third kappa shape index (κ3) is 5.42. The molecule has 8 heteroatoms. The SMILES string of the molecule is CCOC(=O)C1CCCCN1CC(=O)N1N=C(c2ccc(OC)cc2)CC1c1ccc(Cl)cc1. The Bertz CT molecular complexity index is 1040. The Morgan fingerprint density at radius 1 is 1.09 bits per heavy atom. The third-order valence-electron chi connectivity index (χ3n) is 6.35. The van der Waals surface area contributed by atoms with Crippen molar-refractivity contribution in [3.05, 3.63) is 64.7 Å². The van der Waals surface area contributed by atoms with E-state index in [-0.39, 0.29) is 30.5 Å². The standard InChI is InChI=1S/C26H30ClN3O4/c1-3-34-26(32)23-6-4-5-15-29(23)17-25(31)30-24(19-7-11-20(27)12-8-19)16-22(28-30)18-9-13-21(33-2)14-10-18/h7-14,23-24H,3-6,15-17H2,1-2H3. The molecule has 4 rings (SSSR count). The van der Waals surface area contributed by atoms with Crippen LogP contribution in [0.15, 0.2) is 53.6 Å². The van der Waals surface area contributed by atoms with E-state index >= 15 is 0 Å². The van der Waals surface area contributed by atoms with Crippen LogP contribution in [0.4, 0.5) is 0 Å². The Balaban J connectivity index is 1.58. The second-order valence-corrected chi connectivity index (χ2v) is 8.96. The molecule has 0 aromatic heterocycles. The van der Waals surface area contributed by atoms with E-state index in [4.69, 9.17) is 26.2 Å². The molecule has 0 radical (unpaired) electrons. The monoisotopic (exact) mass is 483 g/mol. The summed E-state index contributed by atoms with van der Waals surface area (Å²) >= 11 is 6.10. The molecule has 1 amide bonds. The maximum absolute atomic E-state index is 13.5. The number of piperidine rings is 1. The first-order valence-corrected chi connectivity index (χ1v) is 12.1. The summed E-state index contributed by atoms with van der Waals surface area (Å²) < 4.78 is 10.5. The second kappa shape index (κ2) is 11.0. The summed E-state index contributed by atoms with van der Waals surface area (Å²) in [7, 11) is 1.63. The molecule has 0 N–H and O–H groups in total. The van der Waals surface area contributed by atoms with Crippen molar-refractivity contribution in [2.24, 2.45) is 5.10 Å². The first-order valence-electron chi connectivity index (χ1n) is 11.7. The summed E-state index contributed by atoms with van der Waals surface area (Å²) in [6.07, 6.45) is 3.18. The van der Waals surface area contributed by atoms with Crippen LogP contribution < -0.4 is 4.74 Å². The van der Waals surface area contributed by atoms with Gasteiger partial charge in [0.05, 0.1) is 32.0 Å². The molecule has 2 aromatic carbocycles. The van der Waals surface area contributed by atoms with Gasteiger partial charge in [0.1, 0.15) is 11.8 Å². The quantitative estimate of drug-likeness (QED) is 0.544. The number of esters is 1. The maximum atomic E-state index is 13.5. The summed E-state index contributed by atoms with van der Waals surface area (Å²) in [5.74, 6) is 0.368. The topological polar surface area (TPSA) is 71.4 Å². The van der Waals surface area contributed by atoms with Crippen LogP contribution in [0.25, 0.3) is 0 Å². The van der Waals surface area contributed by atoms with Gasteiger partial charge in [0.25, 0.3) is 5.91 Å². The number of benzene rings is 2. The van der Waals surface area contributed by atoms with Crippen LogP contribution in [0, 0.1) is 0 Å². The number of ether oxygens (including phenoxy) is 2. The van der Waals surface area contributed by atoms with Gasteiger partial charge >= 0.3 is 5.97 Å². The molecule has 2 aromatic rings. The summed E-state index contributed by atoms with van der Waals surface area (Å²) in [5, 5.41) is 6.96. The lowest BCUT2D eigenvalue weighted by atomic mass is 9.98. The molecule has 1 fully saturated rings. The number of hydrogen-bond donors (Lipinski definition) is 0. The molecule has 2 aliphatic heterocycles.